The minimum atomic E-state index is -0.470. The van der Waals surface area contributed by atoms with E-state index in [0.717, 1.165) is 28.3 Å². The third kappa shape index (κ3) is 2.82. The lowest BCUT2D eigenvalue weighted by Gasteiger charge is -2.07. The van der Waals surface area contributed by atoms with E-state index in [2.05, 4.69) is 11.1 Å². The Bertz CT molecular complexity index is 781. The molecule has 0 aliphatic heterocycles. The molecule has 22 heavy (non-hydrogen) atoms. The second-order valence-electron chi connectivity index (χ2n) is 5.54. The van der Waals surface area contributed by atoms with E-state index >= 15 is 0 Å². The fourth-order valence-electron chi connectivity index (χ4n) is 2.83. The average Bonchev–Trinajstić information content (AvgIpc) is 2.92. The van der Waals surface area contributed by atoms with Gasteiger partial charge in [-0.15, -0.1) is 0 Å². The van der Waals surface area contributed by atoms with Crippen LogP contribution in [0.25, 0.3) is 6.08 Å². The van der Waals surface area contributed by atoms with Gasteiger partial charge in [0.2, 0.25) is 0 Å². The topological polar surface area (TPSA) is 50.2 Å². The van der Waals surface area contributed by atoms with Crippen molar-refractivity contribution in [3.63, 3.8) is 0 Å². The number of halogens is 1. The van der Waals surface area contributed by atoms with Gasteiger partial charge in [-0.2, -0.15) is 0 Å². The van der Waals surface area contributed by atoms with Crippen LogP contribution >= 0.6 is 11.6 Å². The summed E-state index contributed by atoms with van der Waals surface area (Å²) in [6.45, 7) is 1.52. The molecule has 1 heterocycles. The summed E-state index contributed by atoms with van der Waals surface area (Å²) in [5.41, 5.74) is 5.79. The predicted octanol–water partition coefficient (Wildman–Crippen LogP) is 3.40. The van der Waals surface area contributed by atoms with Crippen molar-refractivity contribution < 1.29 is 9.90 Å². The summed E-state index contributed by atoms with van der Waals surface area (Å²) >= 11 is 6.06. The highest BCUT2D eigenvalue weighted by molar-refractivity contribution is 6.31. The molecular weight excluding hydrogens is 298 g/mol. The van der Waals surface area contributed by atoms with Crippen LogP contribution < -0.4 is 0 Å². The van der Waals surface area contributed by atoms with E-state index in [4.69, 9.17) is 16.7 Å². The largest absolute Gasteiger partial charge is 0.388 e. The first-order valence-electron chi connectivity index (χ1n) is 7.15. The van der Waals surface area contributed by atoms with Crippen molar-refractivity contribution in [1.29, 1.82) is 0 Å². The molecule has 1 aromatic carbocycles. The van der Waals surface area contributed by atoms with Gasteiger partial charge in [0.05, 0.1) is 5.69 Å². The number of aromatic nitrogens is 1. The van der Waals surface area contributed by atoms with Crippen molar-refractivity contribution in [2.75, 3.05) is 6.61 Å². The summed E-state index contributed by atoms with van der Waals surface area (Å²) in [6, 6.07) is 7.69. The fourth-order valence-corrected chi connectivity index (χ4v) is 2.95. The first kappa shape index (κ1) is 14.9. The Hall–Kier alpha value is -1.97. The van der Waals surface area contributed by atoms with Crippen LogP contribution in [0.4, 0.5) is 0 Å². The number of nitrogens with zero attached hydrogens (tertiary/aromatic N) is 1. The number of carbonyl (C=O) groups excluding carboxylic acids is 1. The maximum absolute atomic E-state index is 11.8. The zero-order chi connectivity index (χ0) is 15.7. The van der Waals surface area contributed by atoms with Crippen LogP contribution in [-0.4, -0.2) is 22.5 Å². The van der Waals surface area contributed by atoms with Gasteiger partial charge in [-0.1, -0.05) is 29.3 Å². The van der Waals surface area contributed by atoms with Crippen LogP contribution in [0.3, 0.4) is 0 Å². The van der Waals surface area contributed by atoms with E-state index in [1.165, 1.54) is 11.1 Å². The summed E-state index contributed by atoms with van der Waals surface area (Å²) in [5.74, 6) is -0.254. The number of carbonyl (C=O) groups is 1. The summed E-state index contributed by atoms with van der Waals surface area (Å²) in [5, 5.41) is 9.85. The van der Waals surface area contributed by atoms with Gasteiger partial charge in [-0.05, 0) is 54.7 Å². The van der Waals surface area contributed by atoms with Crippen LogP contribution in [0.2, 0.25) is 5.02 Å². The lowest BCUT2D eigenvalue weighted by atomic mass is 9.99. The molecule has 4 heteroatoms. The molecule has 112 valence electrons. The number of Topliss-reactive ketones (excluding diaryl/α,β-unsaturated/α-hetero) is 1. The van der Waals surface area contributed by atoms with Gasteiger partial charge in [0, 0.05) is 16.8 Å². The Morgan fingerprint density at radius 1 is 1.36 bits per heavy atom. The summed E-state index contributed by atoms with van der Waals surface area (Å²) in [7, 11) is 0. The quantitative estimate of drug-likeness (QED) is 0.880. The summed E-state index contributed by atoms with van der Waals surface area (Å²) in [4.78, 5) is 16.1. The monoisotopic (exact) mass is 313 g/mol. The van der Waals surface area contributed by atoms with E-state index in [-0.39, 0.29) is 5.78 Å². The molecule has 0 bridgehead atoms. The van der Waals surface area contributed by atoms with Crippen molar-refractivity contribution in [3.05, 3.63) is 69.0 Å². The number of ketones is 1. The Morgan fingerprint density at radius 3 is 2.91 bits per heavy atom. The smallest absolute Gasteiger partial charge is 0.188 e. The summed E-state index contributed by atoms with van der Waals surface area (Å²) in [6.07, 6.45) is 5.16. The molecule has 0 spiro atoms. The molecule has 0 fully saturated rings. The van der Waals surface area contributed by atoms with Gasteiger partial charge < -0.3 is 5.11 Å². The maximum atomic E-state index is 11.8. The van der Waals surface area contributed by atoms with Crippen molar-refractivity contribution in [1.82, 2.24) is 4.98 Å². The van der Waals surface area contributed by atoms with E-state index in [9.17, 15) is 4.79 Å². The van der Waals surface area contributed by atoms with Gasteiger partial charge in [0.15, 0.2) is 5.78 Å². The van der Waals surface area contributed by atoms with Crippen molar-refractivity contribution in [2.45, 2.75) is 19.8 Å². The Labute approximate surface area is 134 Å². The number of allylic oxidation sites excluding steroid dienone is 1. The number of fused-ring (bicyclic) bond motifs is 1. The number of rotatable bonds is 4. The van der Waals surface area contributed by atoms with Crippen LogP contribution in [0, 0.1) is 6.92 Å². The molecular formula is C18H16ClNO2. The normalized spacial score (nSPS) is 13.0. The van der Waals surface area contributed by atoms with Crippen LogP contribution in [-0.2, 0) is 12.8 Å². The molecule has 3 rings (SSSR count). The van der Waals surface area contributed by atoms with Crippen LogP contribution in [0.15, 0.2) is 36.0 Å². The molecule has 0 radical (unpaired) electrons. The van der Waals surface area contributed by atoms with Crippen LogP contribution in [0.1, 0.15) is 32.7 Å². The molecule has 1 aliphatic carbocycles. The molecule has 1 aliphatic rings. The molecule has 0 saturated carbocycles. The number of benzene rings is 1. The number of hydrogen-bond acceptors (Lipinski definition) is 3. The minimum absolute atomic E-state index is 0.254. The van der Waals surface area contributed by atoms with Crippen LogP contribution in [0.5, 0.6) is 0 Å². The zero-order valence-electron chi connectivity index (χ0n) is 12.3. The van der Waals surface area contributed by atoms with Gasteiger partial charge in [0.1, 0.15) is 6.61 Å². The average molecular weight is 314 g/mol. The number of aryl methyl sites for hydroxylation is 1. The molecule has 1 aromatic heterocycles. The molecule has 1 N–H and O–H groups in total. The summed E-state index contributed by atoms with van der Waals surface area (Å²) < 4.78 is 0. The van der Waals surface area contributed by atoms with E-state index in [1.807, 2.05) is 25.1 Å². The lowest BCUT2D eigenvalue weighted by Crippen LogP contribution is -2.09. The second kappa shape index (κ2) is 6.03. The Balaban J connectivity index is 1.84. The standard InChI is InChI=1S/C18H16ClNO2/c1-11-6-12(2-3-16(11)19)7-13-8-15-14(18(22)10-21)4-5-20-17(15)9-13/h2-6,9,21H,7-8,10H2,1H3. The van der Waals surface area contributed by atoms with Gasteiger partial charge >= 0.3 is 0 Å². The van der Waals surface area contributed by atoms with Gasteiger partial charge in [-0.25, -0.2) is 0 Å². The van der Waals surface area contributed by atoms with Crippen molar-refractivity contribution >= 4 is 23.5 Å². The first-order chi connectivity index (χ1) is 10.6. The third-order valence-electron chi connectivity index (χ3n) is 3.93. The zero-order valence-corrected chi connectivity index (χ0v) is 13.0. The molecule has 2 aromatic rings. The van der Waals surface area contributed by atoms with Crippen molar-refractivity contribution in [3.8, 4) is 0 Å². The molecule has 0 saturated heterocycles. The SMILES string of the molecule is Cc1cc(CC2=Cc3nccc(C(=O)CO)c3C2)ccc1Cl. The molecule has 3 nitrogen and oxygen atoms in total. The minimum Gasteiger partial charge on any atom is -0.388 e. The predicted molar refractivity (Wildman–Crippen MR) is 87.2 cm³/mol. The highest BCUT2D eigenvalue weighted by Gasteiger charge is 2.20. The molecule has 0 unspecified atom stereocenters. The van der Waals surface area contributed by atoms with E-state index in [1.54, 1.807) is 12.3 Å². The second-order valence-corrected chi connectivity index (χ2v) is 5.95. The number of pyridine rings is 1. The Kier molecular flexibility index (Phi) is 4.10. The van der Waals surface area contributed by atoms with Gasteiger partial charge in [0.25, 0.3) is 0 Å². The van der Waals surface area contributed by atoms with Gasteiger partial charge in [-0.3, -0.25) is 9.78 Å². The fraction of sp³-hybridized carbons (Fsp3) is 0.222. The molecule has 0 amide bonds. The number of hydrogen-bond donors (Lipinski definition) is 1. The first-order valence-corrected chi connectivity index (χ1v) is 7.52. The van der Waals surface area contributed by atoms with E-state index < -0.39 is 6.61 Å². The number of aliphatic hydroxyl groups is 1. The maximum Gasteiger partial charge on any atom is 0.188 e. The third-order valence-corrected chi connectivity index (χ3v) is 4.36. The lowest BCUT2D eigenvalue weighted by molar-refractivity contribution is 0.0903. The Morgan fingerprint density at radius 2 is 2.18 bits per heavy atom. The molecule has 0 atom stereocenters. The highest BCUT2D eigenvalue weighted by atomic mass is 35.5. The van der Waals surface area contributed by atoms with Crippen molar-refractivity contribution in [2.24, 2.45) is 0 Å². The highest BCUT2D eigenvalue weighted by Crippen LogP contribution is 2.29. The number of aliphatic hydroxyl groups excluding tert-OH is 1. The van der Waals surface area contributed by atoms with E-state index in [0.29, 0.717) is 12.0 Å².